The average Bonchev–Trinajstić information content (AvgIpc) is 3.47. The van der Waals surface area contributed by atoms with Gasteiger partial charge in [-0.05, 0) is 32.4 Å². The van der Waals surface area contributed by atoms with E-state index in [-0.39, 0.29) is 12.0 Å². The molecule has 0 saturated carbocycles. The lowest BCUT2D eigenvalue weighted by molar-refractivity contribution is 0.292. The van der Waals surface area contributed by atoms with Crippen LogP contribution in [0.15, 0.2) is 39.2 Å². The number of aromatic nitrogens is 4. The van der Waals surface area contributed by atoms with Gasteiger partial charge in [0.05, 0.1) is 24.4 Å². The fourth-order valence-corrected chi connectivity index (χ4v) is 5.47. The second kappa shape index (κ2) is 7.72. The molecule has 2 aliphatic rings. The van der Waals surface area contributed by atoms with Crippen molar-refractivity contribution in [3.63, 3.8) is 0 Å². The number of likely N-dealkylation sites (tertiary alicyclic amines) is 1. The van der Waals surface area contributed by atoms with Gasteiger partial charge in [-0.3, -0.25) is 19.1 Å². The maximum atomic E-state index is 12.8. The summed E-state index contributed by atoms with van der Waals surface area (Å²) < 4.78 is 8.40. The van der Waals surface area contributed by atoms with Crippen molar-refractivity contribution < 1.29 is 4.74 Å². The first-order valence-electron chi connectivity index (χ1n) is 10.5. The third kappa shape index (κ3) is 3.51. The molecule has 8 nitrogen and oxygen atoms in total. The van der Waals surface area contributed by atoms with E-state index in [0.717, 1.165) is 60.3 Å². The van der Waals surface area contributed by atoms with Crippen LogP contribution in [0, 0.1) is 6.92 Å². The van der Waals surface area contributed by atoms with Gasteiger partial charge in [-0.25, -0.2) is 9.67 Å². The van der Waals surface area contributed by atoms with Gasteiger partial charge < -0.3 is 4.74 Å². The number of hydrogen-bond donors (Lipinski definition) is 0. The number of methoxy groups -OCH3 is 1. The monoisotopic (exact) mass is 439 g/mol. The van der Waals surface area contributed by atoms with Crippen LogP contribution in [0.25, 0.3) is 0 Å². The Kier molecular flexibility index (Phi) is 5.02. The summed E-state index contributed by atoms with van der Waals surface area (Å²) in [5.74, 6) is 1.63. The van der Waals surface area contributed by atoms with Crippen LogP contribution < -0.4 is 15.9 Å². The Morgan fingerprint density at radius 3 is 2.71 bits per heavy atom. The molecule has 1 spiro atoms. The highest BCUT2D eigenvalue weighted by atomic mass is 32.1. The molecule has 2 aromatic heterocycles. The highest BCUT2D eigenvalue weighted by Crippen LogP contribution is 2.41. The Labute approximate surface area is 183 Å². The van der Waals surface area contributed by atoms with Crippen molar-refractivity contribution in [1.82, 2.24) is 24.2 Å². The Morgan fingerprint density at radius 2 is 1.94 bits per heavy atom. The Balaban J connectivity index is 1.44. The van der Waals surface area contributed by atoms with Gasteiger partial charge in [-0.1, -0.05) is 18.2 Å². The molecule has 0 bridgehead atoms. The van der Waals surface area contributed by atoms with E-state index in [1.54, 1.807) is 11.7 Å². The second-order valence-corrected chi connectivity index (χ2v) is 9.47. The number of hydrogen-bond acceptors (Lipinski definition) is 7. The quantitative estimate of drug-likeness (QED) is 0.564. The van der Waals surface area contributed by atoms with Crippen molar-refractivity contribution in [3.05, 3.63) is 72.4 Å². The van der Waals surface area contributed by atoms with Gasteiger partial charge >= 0.3 is 11.1 Å². The molecule has 1 fully saturated rings. The van der Waals surface area contributed by atoms with E-state index in [1.165, 1.54) is 16.0 Å². The van der Waals surface area contributed by atoms with Crippen LogP contribution in [-0.4, -0.2) is 44.4 Å². The van der Waals surface area contributed by atoms with Gasteiger partial charge in [-0.15, -0.1) is 11.3 Å². The molecule has 3 aromatic rings. The number of thiazole rings is 1. The van der Waals surface area contributed by atoms with E-state index in [0.29, 0.717) is 6.54 Å². The number of para-hydroxylation sites is 1. The molecule has 5 rings (SSSR count). The summed E-state index contributed by atoms with van der Waals surface area (Å²) >= 11 is 1.53. The number of rotatable bonds is 5. The number of fused-ring (bicyclic) bond motifs is 2. The van der Waals surface area contributed by atoms with Crippen LogP contribution in [0.5, 0.6) is 5.75 Å². The van der Waals surface area contributed by atoms with Gasteiger partial charge in [-0.2, -0.15) is 5.10 Å². The number of ether oxygens (including phenoxy) is 1. The molecular formula is C22H25N5O3S. The molecule has 2 aliphatic heterocycles. The summed E-state index contributed by atoms with van der Waals surface area (Å²) in [6.45, 7) is 5.21. The Bertz CT molecular complexity index is 1250. The summed E-state index contributed by atoms with van der Waals surface area (Å²) in [5.41, 5.74) is 0.661. The summed E-state index contributed by atoms with van der Waals surface area (Å²) in [4.78, 5) is 32.3. The maximum Gasteiger partial charge on any atom is 0.332 e. The minimum Gasteiger partial charge on any atom is -0.496 e. The third-order valence-electron chi connectivity index (χ3n) is 6.42. The van der Waals surface area contributed by atoms with Crippen LogP contribution in [0.1, 0.15) is 34.9 Å². The average molecular weight is 440 g/mol. The van der Waals surface area contributed by atoms with Crippen LogP contribution in [0.4, 0.5) is 0 Å². The molecule has 162 valence electrons. The topological polar surface area (TPSA) is 82.2 Å². The first-order chi connectivity index (χ1) is 15.0. The molecular weight excluding hydrogens is 414 g/mol. The lowest BCUT2D eigenvalue weighted by atomic mass is 9.85. The molecule has 0 amide bonds. The van der Waals surface area contributed by atoms with E-state index < -0.39 is 11.1 Å². The highest BCUT2D eigenvalue weighted by Gasteiger charge is 2.47. The largest absolute Gasteiger partial charge is 0.496 e. The number of nitrogens with zero attached hydrogens (tertiary/aromatic N) is 5. The summed E-state index contributed by atoms with van der Waals surface area (Å²) in [6, 6.07) is 8.06. The lowest BCUT2D eigenvalue weighted by Gasteiger charge is -2.24. The highest BCUT2D eigenvalue weighted by molar-refractivity contribution is 7.09. The van der Waals surface area contributed by atoms with E-state index in [2.05, 4.69) is 16.0 Å². The fraction of sp³-hybridized carbons (Fsp3) is 0.455. The molecule has 0 radical (unpaired) electrons. The van der Waals surface area contributed by atoms with Gasteiger partial charge in [0.25, 0.3) is 0 Å². The predicted octanol–water partition coefficient (Wildman–Crippen LogP) is 1.77. The predicted molar refractivity (Wildman–Crippen MR) is 118 cm³/mol. The summed E-state index contributed by atoms with van der Waals surface area (Å²) in [6.07, 6.45) is 1.75. The van der Waals surface area contributed by atoms with Crippen LogP contribution in [0.3, 0.4) is 0 Å². The van der Waals surface area contributed by atoms with E-state index in [9.17, 15) is 9.59 Å². The molecule has 1 saturated heterocycles. The molecule has 0 aliphatic carbocycles. The zero-order chi connectivity index (χ0) is 21.6. The summed E-state index contributed by atoms with van der Waals surface area (Å²) in [5, 5.41) is 7.55. The fourth-order valence-electron chi connectivity index (χ4n) is 4.87. The van der Waals surface area contributed by atoms with E-state index >= 15 is 0 Å². The minimum atomic E-state index is -0.574. The zero-order valence-corrected chi connectivity index (χ0v) is 18.5. The Hall–Kier alpha value is -2.78. The van der Waals surface area contributed by atoms with Crippen LogP contribution in [-0.2, 0) is 25.0 Å². The molecule has 0 N–H and O–H groups in total. The Morgan fingerprint density at radius 1 is 1.13 bits per heavy atom. The van der Waals surface area contributed by atoms with Crippen LogP contribution >= 0.6 is 11.3 Å². The van der Waals surface area contributed by atoms with Crippen molar-refractivity contribution in [2.75, 3.05) is 20.2 Å². The molecule has 9 heteroatoms. The number of aryl methyl sites for hydroxylation is 1. The molecule has 1 aromatic carbocycles. The van der Waals surface area contributed by atoms with Gasteiger partial charge in [0.1, 0.15) is 11.6 Å². The summed E-state index contributed by atoms with van der Waals surface area (Å²) in [7, 11) is 1.69. The first-order valence-corrected chi connectivity index (χ1v) is 11.3. The van der Waals surface area contributed by atoms with Crippen molar-refractivity contribution in [3.8, 4) is 5.75 Å². The zero-order valence-electron chi connectivity index (χ0n) is 17.7. The van der Waals surface area contributed by atoms with Crippen LogP contribution in [0.2, 0.25) is 0 Å². The van der Waals surface area contributed by atoms with Crippen molar-refractivity contribution in [1.29, 1.82) is 0 Å². The SMILES string of the molecule is COc1ccccc1CN1CC[C@]2(CCn3c2nn(Cc2csc(C)n2)c(=O)c3=O)C1. The van der Waals surface area contributed by atoms with Gasteiger partial charge in [0.15, 0.2) is 0 Å². The minimum absolute atomic E-state index is 0.200. The van der Waals surface area contributed by atoms with Crippen molar-refractivity contribution in [2.45, 2.75) is 44.8 Å². The van der Waals surface area contributed by atoms with E-state index in [1.807, 2.05) is 30.5 Å². The van der Waals surface area contributed by atoms with E-state index in [4.69, 9.17) is 9.84 Å². The van der Waals surface area contributed by atoms with Gasteiger partial charge in [0, 0.05) is 36.0 Å². The van der Waals surface area contributed by atoms with Gasteiger partial charge in [0.2, 0.25) is 0 Å². The third-order valence-corrected chi connectivity index (χ3v) is 7.24. The smallest absolute Gasteiger partial charge is 0.332 e. The first kappa shape index (κ1) is 20.1. The van der Waals surface area contributed by atoms with Crippen molar-refractivity contribution in [2.24, 2.45) is 0 Å². The second-order valence-electron chi connectivity index (χ2n) is 8.40. The lowest BCUT2D eigenvalue weighted by Crippen LogP contribution is -2.45. The molecule has 0 unspecified atom stereocenters. The number of benzene rings is 1. The standard InChI is InChI=1S/C22H25N5O3S/c1-15-23-17(13-31-15)12-27-20(29)19(28)26-10-8-22(21(26)24-27)7-9-25(14-22)11-16-5-3-4-6-18(16)30-2/h3-6,13H,7-12,14H2,1-2H3/t22-/m0/s1. The normalized spacial score (nSPS) is 20.5. The molecule has 1 atom stereocenters. The maximum absolute atomic E-state index is 12.8. The molecule has 31 heavy (non-hydrogen) atoms. The molecule has 4 heterocycles. The van der Waals surface area contributed by atoms with Crippen molar-refractivity contribution >= 4 is 11.3 Å².